The molecule has 38 heavy (non-hydrogen) atoms. The standard InChI is InChI=1S/C28H37N7O2S/c1-17-14-28(3,4)34(15-17)26-21(27(36)32-38-22-16-33(5)30-18(22)2)10-11-23(29-26)35-13-12-24(31-35)37-25(19-6-7-19)20-8-9-20/h10-13,16-17,19-20,25H,6-9,14-15H2,1-5H3,(H,32,36). The zero-order chi connectivity index (χ0) is 26.6. The summed E-state index contributed by atoms with van der Waals surface area (Å²) in [6.45, 7) is 9.46. The Morgan fingerprint density at radius 3 is 2.50 bits per heavy atom. The number of rotatable bonds is 9. The van der Waals surface area contributed by atoms with E-state index >= 15 is 0 Å². The van der Waals surface area contributed by atoms with Gasteiger partial charge in [0, 0.05) is 37.6 Å². The first kappa shape index (κ1) is 25.3. The molecule has 4 heterocycles. The number of pyridine rings is 1. The summed E-state index contributed by atoms with van der Waals surface area (Å²) in [6.07, 6.45) is 10.2. The van der Waals surface area contributed by atoms with Crippen LogP contribution in [-0.2, 0) is 7.05 Å². The van der Waals surface area contributed by atoms with Crippen LogP contribution < -0.4 is 14.4 Å². The number of carbonyl (C=O) groups excluding carboxylic acids is 1. The van der Waals surface area contributed by atoms with Crippen molar-refractivity contribution in [3.8, 4) is 11.7 Å². The third-order valence-electron chi connectivity index (χ3n) is 7.89. The monoisotopic (exact) mass is 535 g/mol. The molecule has 3 fully saturated rings. The molecule has 3 aromatic heterocycles. The van der Waals surface area contributed by atoms with Gasteiger partial charge in [0.15, 0.2) is 5.82 Å². The maximum atomic E-state index is 13.5. The summed E-state index contributed by atoms with van der Waals surface area (Å²) >= 11 is 1.28. The topological polar surface area (TPSA) is 90.1 Å². The Morgan fingerprint density at radius 1 is 1.16 bits per heavy atom. The first-order chi connectivity index (χ1) is 18.2. The molecule has 2 saturated carbocycles. The number of aromatic nitrogens is 5. The second-order valence-electron chi connectivity index (χ2n) is 11.9. The van der Waals surface area contributed by atoms with E-state index in [0.29, 0.717) is 46.9 Å². The van der Waals surface area contributed by atoms with Gasteiger partial charge in [0.05, 0.1) is 16.2 Å². The van der Waals surface area contributed by atoms with E-state index < -0.39 is 0 Å². The molecule has 6 rings (SSSR count). The maximum Gasteiger partial charge on any atom is 0.265 e. The van der Waals surface area contributed by atoms with Gasteiger partial charge in [-0.15, -0.1) is 5.10 Å². The van der Waals surface area contributed by atoms with E-state index in [-0.39, 0.29) is 11.4 Å². The second kappa shape index (κ2) is 9.63. The largest absolute Gasteiger partial charge is 0.473 e. The van der Waals surface area contributed by atoms with Crippen LogP contribution in [0.4, 0.5) is 5.82 Å². The highest BCUT2D eigenvalue weighted by molar-refractivity contribution is 7.98. The zero-order valence-electron chi connectivity index (χ0n) is 22.8. The average Bonchev–Trinajstić information content (AvgIpc) is 3.79. The fraction of sp³-hybridized carbons (Fsp3) is 0.571. The van der Waals surface area contributed by atoms with Crippen LogP contribution in [0.25, 0.3) is 5.82 Å². The molecule has 1 saturated heterocycles. The van der Waals surface area contributed by atoms with Crippen molar-refractivity contribution in [3.63, 3.8) is 0 Å². The summed E-state index contributed by atoms with van der Waals surface area (Å²) in [7, 11) is 1.88. The lowest BCUT2D eigenvalue weighted by molar-refractivity contribution is 0.0984. The molecule has 202 valence electrons. The molecule has 0 spiro atoms. The first-order valence-corrected chi connectivity index (χ1v) is 14.5. The highest BCUT2D eigenvalue weighted by Gasteiger charge is 2.43. The molecule has 3 aromatic rings. The second-order valence-corrected chi connectivity index (χ2v) is 12.8. The molecule has 1 N–H and O–H groups in total. The molecule has 2 aliphatic carbocycles. The van der Waals surface area contributed by atoms with E-state index in [2.05, 4.69) is 35.5 Å². The van der Waals surface area contributed by atoms with Crippen molar-refractivity contribution in [3.05, 3.63) is 41.9 Å². The van der Waals surface area contributed by atoms with Crippen molar-refractivity contribution in [2.24, 2.45) is 24.8 Å². The highest BCUT2D eigenvalue weighted by Crippen LogP contribution is 2.46. The number of nitrogens with zero attached hydrogens (tertiary/aromatic N) is 6. The van der Waals surface area contributed by atoms with Crippen molar-refractivity contribution in [2.75, 3.05) is 11.4 Å². The summed E-state index contributed by atoms with van der Waals surface area (Å²) in [5.41, 5.74) is 1.31. The van der Waals surface area contributed by atoms with E-state index in [9.17, 15) is 4.79 Å². The molecule has 0 aromatic carbocycles. The molecule has 0 radical (unpaired) electrons. The maximum absolute atomic E-state index is 13.5. The number of hydrogen-bond donors (Lipinski definition) is 1. The minimum absolute atomic E-state index is 0.118. The van der Waals surface area contributed by atoms with Crippen LogP contribution in [0.5, 0.6) is 5.88 Å². The van der Waals surface area contributed by atoms with Crippen LogP contribution in [0, 0.1) is 24.7 Å². The van der Waals surface area contributed by atoms with Crippen LogP contribution in [-0.4, -0.2) is 48.6 Å². The number of carbonyl (C=O) groups is 1. The summed E-state index contributed by atoms with van der Waals surface area (Å²) < 4.78 is 12.9. The number of anilines is 1. The normalized spacial score (nSPS) is 20.8. The van der Waals surface area contributed by atoms with Gasteiger partial charge in [0.25, 0.3) is 5.91 Å². The molecule has 0 bridgehead atoms. The van der Waals surface area contributed by atoms with E-state index in [4.69, 9.17) is 14.8 Å². The van der Waals surface area contributed by atoms with Crippen LogP contribution in [0.3, 0.4) is 0 Å². The molecule has 1 unspecified atom stereocenters. The fourth-order valence-corrected chi connectivity index (χ4v) is 6.51. The molecule has 1 atom stereocenters. The SMILES string of the molecule is Cc1nn(C)cc1SNC(=O)c1ccc(-n2ccc(OC(C3CC3)C3CC3)n2)nc1N1CC(C)CC1(C)C. The van der Waals surface area contributed by atoms with Gasteiger partial charge < -0.3 is 9.64 Å². The average molecular weight is 536 g/mol. The Balaban J connectivity index is 1.27. The third kappa shape index (κ3) is 5.15. The predicted molar refractivity (Wildman–Crippen MR) is 148 cm³/mol. The fourth-order valence-electron chi connectivity index (χ4n) is 5.81. The molecule has 3 aliphatic rings. The lowest BCUT2D eigenvalue weighted by Gasteiger charge is -2.34. The number of nitrogens with one attached hydrogen (secondary N) is 1. The summed E-state index contributed by atoms with van der Waals surface area (Å²) in [5.74, 6) is 3.70. The van der Waals surface area contributed by atoms with E-state index in [1.54, 1.807) is 9.36 Å². The lowest BCUT2D eigenvalue weighted by atomic mass is 9.97. The predicted octanol–water partition coefficient (Wildman–Crippen LogP) is 4.94. The van der Waals surface area contributed by atoms with Crippen molar-refractivity contribution in [1.29, 1.82) is 0 Å². The van der Waals surface area contributed by atoms with Gasteiger partial charge in [0.2, 0.25) is 5.88 Å². The molecular formula is C28H37N7O2S. The molecule has 1 aliphatic heterocycles. The number of aryl methyl sites for hydroxylation is 2. The van der Waals surface area contributed by atoms with Gasteiger partial charge in [-0.25, -0.2) is 9.67 Å². The van der Waals surface area contributed by atoms with E-state index in [0.717, 1.165) is 23.6 Å². The number of ether oxygens (including phenoxy) is 1. The van der Waals surface area contributed by atoms with Crippen LogP contribution in [0.1, 0.15) is 68.9 Å². The minimum Gasteiger partial charge on any atom is -0.473 e. The number of hydrogen-bond acceptors (Lipinski definition) is 7. The van der Waals surface area contributed by atoms with E-state index in [1.165, 1.54) is 37.6 Å². The Hall–Kier alpha value is -3.01. The van der Waals surface area contributed by atoms with Crippen molar-refractivity contribution in [1.82, 2.24) is 29.3 Å². The Morgan fingerprint density at radius 2 is 1.89 bits per heavy atom. The van der Waals surface area contributed by atoms with Gasteiger partial charge in [-0.2, -0.15) is 5.10 Å². The van der Waals surface area contributed by atoms with Gasteiger partial charge in [0.1, 0.15) is 11.9 Å². The molecular weight excluding hydrogens is 498 g/mol. The minimum atomic E-state index is -0.177. The highest BCUT2D eigenvalue weighted by atomic mass is 32.2. The van der Waals surface area contributed by atoms with Gasteiger partial charge in [-0.05, 0) is 94.7 Å². The number of amides is 1. The third-order valence-corrected chi connectivity index (χ3v) is 8.79. The van der Waals surface area contributed by atoms with Gasteiger partial charge in [-0.3, -0.25) is 14.2 Å². The summed E-state index contributed by atoms with van der Waals surface area (Å²) in [5, 5.41) is 9.09. The van der Waals surface area contributed by atoms with Crippen LogP contribution >= 0.6 is 11.9 Å². The van der Waals surface area contributed by atoms with Gasteiger partial charge in [-0.1, -0.05) is 6.92 Å². The molecule has 1 amide bonds. The first-order valence-electron chi connectivity index (χ1n) is 13.7. The van der Waals surface area contributed by atoms with E-state index in [1.807, 2.05) is 44.6 Å². The van der Waals surface area contributed by atoms with Crippen molar-refractivity contribution < 1.29 is 9.53 Å². The Bertz CT molecular complexity index is 1330. The summed E-state index contributed by atoms with van der Waals surface area (Å²) in [4.78, 5) is 21.7. The van der Waals surface area contributed by atoms with Crippen molar-refractivity contribution in [2.45, 2.75) is 76.3 Å². The van der Waals surface area contributed by atoms with Crippen LogP contribution in [0.2, 0.25) is 0 Å². The van der Waals surface area contributed by atoms with Crippen molar-refractivity contribution >= 4 is 23.7 Å². The molecule has 10 heteroatoms. The molecule has 9 nitrogen and oxygen atoms in total. The smallest absolute Gasteiger partial charge is 0.265 e. The zero-order valence-corrected chi connectivity index (χ0v) is 23.7. The summed E-state index contributed by atoms with van der Waals surface area (Å²) in [6, 6.07) is 5.65. The van der Waals surface area contributed by atoms with Crippen LogP contribution in [0.15, 0.2) is 35.5 Å². The Kier molecular flexibility index (Phi) is 6.40. The Labute approximate surface area is 228 Å². The van der Waals surface area contributed by atoms with Gasteiger partial charge >= 0.3 is 0 Å². The quantitative estimate of drug-likeness (QED) is 0.388. The lowest BCUT2D eigenvalue weighted by Crippen LogP contribution is -2.40.